The summed E-state index contributed by atoms with van der Waals surface area (Å²) in [6.45, 7) is 9.17. The van der Waals surface area contributed by atoms with E-state index in [0.29, 0.717) is 34.1 Å². The number of rotatable bonds is 12. The summed E-state index contributed by atoms with van der Waals surface area (Å²) in [6, 6.07) is 17.8. The highest BCUT2D eigenvalue weighted by Gasteiger charge is 2.42. The summed E-state index contributed by atoms with van der Waals surface area (Å²) in [4.78, 5) is 27.8. The predicted molar refractivity (Wildman–Crippen MR) is 193 cm³/mol. The number of benzene rings is 3. The first-order valence-corrected chi connectivity index (χ1v) is 18.3. The molecule has 264 valence electrons. The fraction of sp³-hybridized carbons (Fsp3) is 0.297. The Morgan fingerprint density at radius 3 is 2.08 bits per heavy atom. The molecule has 2 heterocycles. The van der Waals surface area contributed by atoms with E-state index in [0.717, 1.165) is 15.9 Å². The van der Waals surface area contributed by atoms with Crippen molar-refractivity contribution < 1.29 is 36.9 Å². The summed E-state index contributed by atoms with van der Waals surface area (Å²) in [7, 11) is -1.43. The maximum atomic E-state index is 14.6. The van der Waals surface area contributed by atoms with Crippen LogP contribution in [0.25, 0.3) is 17.5 Å². The SMILES string of the molecule is CCOC(=O)C1=c2s/c(=C\c3ccc(OC(C)C)c(OC)c3)c(=O)n2C(N)=C(S(=O)(=O)c2ccccc2)C1c1ccc(OC(C)C)c(OC)c1. The average molecular weight is 721 g/mol. The number of thiazole rings is 1. The standard InChI is InChI=1S/C37H40N2O9S2/c1-8-46-37(41)32-31(24-15-17-27(48-22(4)5)29(20-24)45-7)33(50(42,43)25-12-10-9-11-13-25)34(38)39-35(40)30(49-36(32)39)19-23-14-16-26(47-21(2)3)28(18-23)44-6/h9-22,31H,8,38H2,1-7H3/b30-19-. The second-order valence-corrected chi connectivity index (χ2v) is 14.8. The molecule has 3 aromatic carbocycles. The lowest BCUT2D eigenvalue weighted by Gasteiger charge is -2.28. The van der Waals surface area contributed by atoms with Crippen molar-refractivity contribution in [2.45, 2.75) is 57.6 Å². The van der Waals surface area contributed by atoms with E-state index in [1.165, 1.54) is 26.4 Å². The fourth-order valence-corrected chi connectivity index (χ4v) is 8.50. The predicted octanol–water partition coefficient (Wildman–Crippen LogP) is 4.40. The second-order valence-electron chi connectivity index (χ2n) is 11.8. The lowest BCUT2D eigenvalue weighted by atomic mass is 9.89. The van der Waals surface area contributed by atoms with E-state index in [4.69, 9.17) is 29.4 Å². The van der Waals surface area contributed by atoms with Crippen LogP contribution in [-0.2, 0) is 19.4 Å². The third kappa shape index (κ3) is 7.01. The maximum Gasteiger partial charge on any atom is 0.338 e. The van der Waals surface area contributed by atoms with E-state index in [1.54, 1.807) is 67.6 Å². The van der Waals surface area contributed by atoms with E-state index in [9.17, 15) is 18.0 Å². The van der Waals surface area contributed by atoms with Crippen LogP contribution in [0, 0.1) is 0 Å². The van der Waals surface area contributed by atoms with Crippen molar-refractivity contribution in [2.24, 2.45) is 5.73 Å². The van der Waals surface area contributed by atoms with Crippen LogP contribution in [0.4, 0.5) is 0 Å². The molecule has 0 aliphatic carbocycles. The van der Waals surface area contributed by atoms with Gasteiger partial charge in [-0.1, -0.05) is 30.3 Å². The van der Waals surface area contributed by atoms with Crippen molar-refractivity contribution in [2.75, 3.05) is 20.8 Å². The van der Waals surface area contributed by atoms with Crippen molar-refractivity contribution in [3.05, 3.63) is 102 Å². The Hall–Kier alpha value is -5.01. The molecule has 1 aromatic heterocycles. The topological polar surface area (TPSA) is 145 Å². The van der Waals surface area contributed by atoms with Gasteiger partial charge in [-0.25, -0.2) is 13.2 Å². The molecular weight excluding hydrogens is 681 g/mol. The lowest BCUT2D eigenvalue weighted by Crippen LogP contribution is -2.41. The zero-order valence-corrected chi connectivity index (χ0v) is 30.5. The molecular formula is C37H40N2O9S2. The number of carbonyl (C=O) groups is 1. The van der Waals surface area contributed by atoms with Gasteiger partial charge in [0.1, 0.15) is 15.4 Å². The third-order valence-corrected chi connectivity index (χ3v) is 10.7. The maximum absolute atomic E-state index is 14.6. The van der Waals surface area contributed by atoms with Gasteiger partial charge in [-0.15, -0.1) is 11.3 Å². The Morgan fingerprint density at radius 1 is 0.900 bits per heavy atom. The Morgan fingerprint density at radius 2 is 1.50 bits per heavy atom. The third-order valence-electron chi connectivity index (χ3n) is 7.67. The Kier molecular flexibility index (Phi) is 10.8. The molecule has 0 spiro atoms. The minimum Gasteiger partial charge on any atom is -0.493 e. The minimum atomic E-state index is -4.41. The molecule has 0 amide bonds. The Labute approximate surface area is 294 Å². The van der Waals surface area contributed by atoms with Crippen molar-refractivity contribution in [1.82, 2.24) is 4.57 Å². The van der Waals surface area contributed by atoms with Crippen LogP contribution in [-0.4, -0.2) is 52.0 Å². The van der Waals surface area contributed by atoms with E-state index in [2.05, 4.69) is 0 Å². The monoisotopic (exact) mass is 720 g/mol. The number of nitrogens with two attached hydrogens (primary N) is 1. The summed E-state index contributed by atoms with van der Waals surface area (Å²) in [5.74, 6) is -0.674. The molecule has 13 heteroatoms. The highest BCUT2D eigenvalue weighted by molar-refractivity contribution is 7.95. The summed E-state index contributed by atoms with van der Waals surface area (Å²) in [5, 5.41) is 0. The summed E-state index contributed by atoms with van der Waals surface area (Å²) >= 11 is 1.000. The van der Waals surface area contributed by atoms with E-state index >= 15 is 0 Å². The molecule has 0 saturated heterocycles. The first-order valence-electron chi connectivity index (χ1n) is 16.0. The van der Waals surface area contributed by atoms with Crippen molar-refractivity contribution in [1.29, 1.82) is 0 Å². The normalized spacial score (nSPS) is 14.9. The minimum absolute atomic E-state index is 0.00130. The van der Waals surface area contributed by atoms with E-state index < -0.39 is 27.3 Å². The first kappa shape index (κ1) is 36.3. The van der Waals surface area contributed by atoms with Crippen LogP contribution in [0.1, 0.15) is 51.7 Å². The molecule has 4 aromatic rings. The second kappa shape index (κ2) is 14.9. The molecule has 1 atom stereocenters. The van der Waals surface area contributed by atoms with E-state index in [-0.39, 0.29) is 49.2 Å². The van der Waals surface area contributed by atoms with Crippen LogP contribution in [0.5, 0.6) is 23.0 Å². The van der Waals surface area contributed by atoms with Crippen molar-refractivity contribution in [3.63, 3.8) is 0 Å². The van der Waals surface area contributed by atoms with Gasteiger partial charge in [0, 0.05) is 0 Å². The molecule has 50 heavy (non-hydrogen) atoms. The highest BCUT2D eigenvalue weighted by atomic mass is 32.2. The molecule has 1 unspecified atom stereocenters. The van der Waals surface area contributed by atoms with Gasteiger partial charge in [0.25, 0.3) is 5.56 Å². The molecule has 11 nitrogen and oxygen atoms in total. The van der Waals surface area contributed by atoms with Gasteiger partial charge >= 0.3 is 5.97 Å². The number of ether oxygens (including phenoxy) is 5. The quantitative estimate of drug-likeness (QED) is 0.209. The zero-order valence-electron chi connectivity index (χ0n) is 28.9. The first-order chi connectivity index (χ1) is 23.8. The fourth-order valence-electron chi connectivity index (χ4n) is 5.64. The van der Waals surface area contributed by atoms with Gasteiger partial charge in [-0.3, -0.25) is 9.36 Å². The molecule has 2 N–H and O–H groups in total. The van der Waals surface area contributed by atoms with Crippen molar-refractivity contribution in [3.8, 4) is 23.0 Å². The largest absolute Gasteiger partial charge is 0.493 e. The summed E-state index contributed by atoms with van der Waals surface area (Å²) in [5.41, 5.74) is 7.06. The van der Waals surface area contributed by atoms with Gasteiger partial charge < -0.3 is 29.4 Å². The number of sulfone groups is 1. The van der Waals surface area contributed by atoms with Crippen LogP contribution < -0.4 is 39.4 Å². The van der Waals surface area contributed by atoms with Gasteiger partial charge in [0.05, 0.1) is 54.0 Å². The number of hydrogen-bond acceptors (Lipinski definition) is 11. The van der Waals surface area contributed by atoms with Crippen LogP contribution in [0.2, 0.25) is 0 Å². The number of nitrogens with zero attached hydrogens (tertiary/aromatic N) is 1. The number of esters is 1. The number of fused-ring (bicyclic) bond motifs is 1. The molecule has 0 bridgehead atoms. The van der Waals surface area contributed by atoms with Gasteiger partial charge in [-0.2, -0.15) is 0 Å². The van der Waals surface area contributed by atoms with Crippen LogP contribution in [0.3, 0.4) is 0 Å². The average Bonchev–Trinajstić information content (AvgIpc) is 3.40. The van der Waals surface area contributed by atoms with Crippen LogP contribution in [0.15, 0.2) is 81.3 Å². The number of aromatic nitrogens is 1. The van der Waals surface area contributed by atoms with Gasteiger partial charge in [0.2, 0.25) is 9.84 Å². The van der Waals surface area contributed by atoms with Gasteiger partial charge in [-0.05, 0) is 88.2 Å². The van der Waals surface area contributed by atoms with Gasteiger partial charge in [0.15, 0.2) is 23.0 Å². The molecule has 0 saturated carbocycles. The number of hydrogen-bond donors (Lipinski definition) is 1. The molecule has 0 fully saturated rings. The summed E-state index contributed by atoms with van der Waals surface area (Å²) < 4.78 is 59.0. The molecule has 1 aliphatic rings. The number of allylic oxidation sites excluding steroid dienone is 1. The zero-order chi connectivity index (χ0) is 36.3. The smallest absolute Gasteiger partial charge is 0.338 e. The summed E-state index contributed by atoms with van der Waals surface area (Å²) in [6.07, 6.45) is 1.36. The Balaban J connectivity index is 1.87. The number of methoxy groups -OCH3 is 2. The van der Waals surface area contributed by atoms with Crippen LogP contribution >= 0.6 is 11.3 Å². The molecule has 1 aliphatic heterocycles. The van der Waals surface area contributed by atoms with E-state index in [1.807, 2.05) is 27.7 Å². The lowest BCUT2D eigenvalue weighted by molar-refractivity contribution is -0.136. The molecule has 0 radical (unpaired) electrons. The van der Waals surface area contributed by atoms with Crippen molar-refractivity contribution >= 4 is 44.6 Å². The molecule has 5 rings (SSSR count). The Bertz CT molecular complexity index is 2240. The highest BCUT2D eigenvalue weighted by Crippen LogP contribution is 2.44. The number of carbonyl (C=O) groups excluding carboxylic acids is 1.